The number of rotatable bonds is 10. The number of likely N-dealkylation sites (tertiary alicyclic amines) is 1. The molecule has 2 nitrogen and oxygen atoms in total. The maximum atomic E-state index is 3.66. The zero-order valence-electron chi connectivity index (χ0n) is 19.6. The molecule has 29 heavy (non-hydrogen) atoms. The van der Waals surface area contributed by atoms with E-state index in [0.29, 0.717) is 6.04 Å². The molecule has 0 amide bonds. The first-order valence-corrected chi connectivity index (χ1v) is 12.6. The largest absolute Gasteiger partial charge is 0.317 e. The summed E-state index contributed by atoms with van der Waals surface area (Å²) in [6.45, 7) is 11.1. The summed E-state index contributed by atoms with van der Waals surface area (Å²) in [7, 11) is 2.18. The monoisotopic (exact) mass is 398 g/mol. The predicted octanol–water partition coefficient (Wildman–Crippen LogP) is 6.33. The molecule has 1 aromatic rings. The summed E-state index contributed by atoms with van der Waals surface area (Å²) in [6.07, 6.45) is 11.0. The minimum atomic E-state index is 0.707. The Morgan fingerprint density at radius 2 is 1.72 bits per heavy atom. The smallest absolute Gasteiger partial charge is 0.00982 e. The second kappa shape index (κ2) is 11.5. The number of hydrogen-bond donors (Lipinski definition) is 1. The summed E-state index contributed by atoms with van der Waals surface area (Å²) in [4.78, 5) is 2.79. The van der Waals surface area contributed by atoms with Crippen molar-refractivity contribution in [3.8, 4) is 0 Å². The molecular weight excluding hydrogens is 352 g/mol. The molecule has 2 heteroatoms. The SMILES string of the molecule is CCC(C)CC(CC)CN1CCC(C(c2ccccc2)C2CCCC2NC)CC1. The van der Waals surface area contributed by atoms with Gasteiger partial charge in [-0.1, -0.05) is 70.4 Å². The van der Waals surface area contributed by atoms with Crippen LogP contribution in [0.15, 0.2) is 30.3 Å². The molecule has 5 atom stereocenters. The second-order valence-electron chi connectivity index (χ2n) is 10.1. The van der Waals surface area contributed by atoms with Gasteiger partial charge in [-0.05, 0) is 87.4 Å². The molecular formula is C27H46N2. The molecule has 3 rings (SSSR count). The van der Waals surface area contributed by atoms with Gasteiger partial charge in [0.2, 0.25) is 0 Å². The molecule has 1 aliphatic carbocycles. The Morgan fingerprint density at radius 1 is 1.00 bits per heavy atom. The van der Waals surface area contributed by atoms with Crippen LogP contribution in [0.25, 0.3) is 0 Å². The van der Waals surface area contributed by atoms with Gasteiger partial charge in [0, 0.05) is 12.6 Å². The second-order valence-corrected chi connectivity index (χ2v) is 10.1. The molecule has 164 valence electrons. The van der Waals surface area contributed by atoms with E-state index in [4.69, 9.17) is 0 Å². The van der Waals surface area contributed by atoms with Crippen LogP contribution in [0.1, 0.15) is 83.6 Å². The molecule has 1 heterocycles. The Bertz CT molecular complexity index is 563. The Kier molecular flexibility index (Phi) is 9.06. The van der Waals surface area contributed by atoms with Gasteiger partial charge >= 0.3 is 0 Å². The highest BCUT2D eigenvalue weighted by Gasteiger charge is 2.39. The fourth-order valence-electron chi connectivity index (χ4n) is 6.29. The topological polar surface area (TPSA) is 15.3 Å². The van der Waals surface area contributed by atoms with Crippen molar-refractivity contribution in [3.05, 3.63) is 35.9 Å². The molecule has 0 spiro atoms. The van der Waals surface area contributed by atoms with Gasteiger partial charge < -0.3 is 10.2 Å². The Labute approximate surface area is 180 Å². The van der Waals surface area contributed by atoms with Gasteiger partial charge in [-0.15, -0.1) is 0 Å². The van der Waals surface area contributed by atoms with Crippen LogP contribution in [0, 0.1) is 23.7 Å². The third-order valence-electron chi connectivity index (χ3n) is 8.25. The van der Waals surface area contributed by atoms with E-state index in [-0.39, 0.29) is 0 Å². The van der Waals surface area contributed by atoms with Crippen molar-refractivity contribution in [1.82, 2.24) is 10.2 Å². The lowest BCUT2D eigenvalue weighted by molar-refractivity contribution is 0.122. The molecule has 1 N–H and O–H groups in total. The molecule has 0 bridgehead atoms. The maximum Gasteiger partial charge on any atom is 0.00982 e. The van der Waals surface area contributed by atoms with Crippen molar-refractivity contribution in [2.24, 2.45) is 23.7 Å². The molecule has 2 aliphatic rings. The van der Waals surface area contributed by atoms with Crippen molar-refractivity contribution in [2.75, 3.05) is 26.7 Å². The van der Waals surface area contributed by atoms with E-state index in [1.807, 2.05) is 0 Å². The summed E-state index contributed by atoms with van der Waals surface area (Å²) in [5, 5.41) is 3.66. The minimum Gasteiger partial charge on any atom is -0.317 e. The number of nitrogens with zero attached hydrogens (tertiary/aromatic N) is 1. The zero-order valence-corrected chi connectivity index (χ0v) is 19.6. The van der Waals surface area contributed by atoms with Crippen LogP contribution in [0.2, 0.25) is 0 Å². The highest BCUT2D eigenvalue weighted by atomic mass is 15.1. The zero-order chi connectivity index (χ0) is 20.6. The van der Waals surface area contributed by atoms with Crippen molar-refractivity contribution in [3.63, 3.8) is 0 Å². The average Bonchev–Trinajstić information content (AvgIpc) is 3.23. The first-order chi connectivity index (χ1) is 14.2. The van der Waals surface area contributed by atoms with E-state index >= 15 is 0 Å². The minimum absolute atomic E-state index is 0.707. The number of piperidine rings is 1. The average molecular weight is 399 g/mol. The molecule has 1 saturated heterocycles. The predicted molar refractivity (Wildman–Crippen MR) is 126 cm³/mol. The summed E-state index contributed by atoms with van der Waals surface area (Å²) < 4.78 is 0. The van der Waals surface area contributed by atoms with E-state index in [9.17, 15) is 0 Å². The quantitative estimate of drug-likeness (QED) is 0.495. The Morgan fingerprint density at radius 3 is 2.34 bits per heavy atom. The highest BCUT2D eigenvalue weighted by molar-refractivity contribution is 5.23. The van der Waals surface area contributed by atoms with Crippen LogP contribution in [0.3, 0.4) is 0 Å². The molecule has 2 fully saturated rings. The Hall–Kier alpha value is -0.860. The van der Waals surface area contributed by atoms with E-state index in [0.717, 1.165) is 29.6 Å². The summed E-state index contributed by atoms with van der Waals surface area (Å²) in [5.74, 6) is 4.16. The van der Waals surface area contributed by atoms with Crippen LogP contribution < -0.4 is 5.32 Å². The lowest BCUT2D eigenvalue weighted by Crippen LogP contribution is -2.42. The molecule has 5 unspecified atom stereocenters. The van der Waals surface area contributed by atoms with Gasteiger partial charge in [0.05, 0.1) is 0 Å². The number of hydrogen-bond acceptors (Lipinski definition) is 2. The molecule has 1 saturated carbocycles. The molecule has 1 aliphatic heterocycles. The third-order valence-corrected chi connectivity index (χ3v) is 8.25. The summed E-state index contributed by atoms with van der Waals surface area (Å²) in [6, 6.07) is 12.2. The van der Waals surface area contributed by atoms with Crippen molar-refractivity contribution >= 4 is 0 Å². The standard InChI is InChI=1S/C27H46N2/c1-5-21(3)19-22(6-2)20-29-17-15-24(16-18-29)27(23-11-8-7-9-12-23)25-13-10-14-26(25)28-4/h7-9,11-12,21-22,24-28H,5-6,10,13-20H2,1-4H3. The van der Waals surface area contributed by atoms with Crippen molar-refractivity contribution in [1.29, 1.82) is 0 Å². The van der Waals surface area contributed by atoms with Gasteiger partial charge in [0.1, 0.15) is 0 Å². The van der Waals surface area contributed by atoms with Crippen LogP contribution in [-0.2, 0) is 0 Å². The molecule has 0 aromatic heterocycles. The van der Waals surface area contributed by atoms with E-state index < -0.39 is 0 Å². The highest BCUT2D eigenvalue weighted by Crippen LogP contribution is 2.45. The Balaban J connectivity index is 1.63. The van der Waals surface area contributed by atoms with E-state index in [2.05, 4.69) is 68.4 Å². The maximum absolute atomic E-state index is 3.66. The summed E-state index contributed by atoms with van der Waals surface area (Å²) in [5.41, 5.74) is 1.60. The van der Waals surface area contributed by atoms with Gasteiger partial charge in [-0.3, -0.25) is 0 Å². The van der Waals surface area contributed by atoms with E-state index in [1.165, 1.54) is 71.0 Å². The molecule has 1 aromatic carbocycles. The van der Waals surface area contributed by atoms with Crippen LogP contribution in [0.5, 0.6) is 0 Å². The van der Waals surface area contributed by atoms with Crippen LogP contribution >= 0.6 is 0 Å². The van der Waals surface area contributed by atoms with Crippen LogP contribution in [-0.4, -0.2) is 37.6 Å². The van der Waals surface area contributed by atoms with Gasteiger partial charge in [0.15, 0.2) is 0 Å². The number of nitrogens with one attached hydrogen (secondary N) is 1. The van der Waals surface area contributed by atoms with Crippen molar-refractivity contribution < 1.29 is 0 Å². The lowest BCUT2D eigenvalue weighted by atomic mass is 9.71. The normalized spacial score (nSPS) is 27.0. The van der Waals surface area contributed by atoms with Gasteiger partial charge in [-0.2, -0.15) is 0 Å². The third kappa shape index (κ3) is 6.07. The summed E-state index contributed by atoms with van der Waals surface area (Å²) >= 11 is 0. The van der Waals surface area contributed by atoms with E-state index in [1.54, 1.807) is 5.56 Å². The lowest BCUT2D eigenvalue weighted by Gasteiger charge is -2.41. The first-order valence-electron chi connectivity index (χ1n) is 12.6. The molecule has 0 radical (unpaired) electrons. The van der Waals surface area contributed by atoms with Gasteiger partial charge in [-0.25, -0.2) is 0 Å². The first kappa shape index (κ1) is 22.8. The van der Waals surface area contributed by atoms with Crippen molar-refractivity contribution in [2.45, 2.75) is 84.1 Å². The number of benzene rings is 1. The van der Waals surface area contributed by atoms with Gasteiger partial charge in [0.25, 0.3) is 0 Å². The fourth-order valence-corrected chi connectivity index (χ4v) is 6.29. The fraction of sp³-hybridized carbons (Fsp3) is 0.778. The van der Waals surface area contributed by atoms with Crippen LogP contribution in [0.4, 0.5) is 0 Å².